The zero-order chi connectivity index (χ0) is 11.2. The summed E-state index contributed by atoms with van der Waals surface area (Å²) in [6, 6.07) is -0.00896. The molecule has 0 rings (SSSR count). The summed E-state index contributed by atoms with van der Waals surface area (Å²) in [5, 5.41) is 2.94. The Labute approximate surface area is 91.6 Å². The van der Waals surface area contributed by atoms with Crippen LogP contribution in [0.2, 0.25) is 0 Å². The minimum absolute atomic E-state index is 0.00896. The molecule has 0 aromatic rings. The number of nitrogens with one attached hydrogen (secondary N) is 1. The van der Waals surface area contributed by atoms with Crippen molar-refractivity contribution in [2.75, 3.05) is 26.9 Å². The largest absolute Gasteiger partial charge is 0.337 e. The first-order valence-electron chi connectivity index (χ1n) is 5.01. The number of nitrogens with zero attached hydrogens (tertiary/aromatic N) is 1. The average molecular weight is 218 g/mol. The highest BCUT2D eigenvalue weighted by Gasteiger charge is 2.25. The van der Waals surface area contributed by atoms with Gasteiger partial charge in [-0.1, -0.05) is 13.8 Å². The molecule has 14 heavy (non-hydrogen) atoms. The fourth-order valence-corrected chi connectivity index (χ4v) is 2.05. The molecule has 0 unspecified atom stereocenters. The fraction of sp³-hybridized carbons (Fsp3) is 0.900. The maximum Gasteiger partial charge on any atom is 0.316 e. The maximum atomic E-state index is 11.3. The second kappa shape index (κ2) is 6.17. The Bertz CT molecular complexity index is 171. The molecule has 0 saturated carbocycles. The van der Waals surface area contributed by atoms with E-state index >= 15 is 0 Å². The van der Waals surface area contributed by atoms with Crippen molar-refractivity contribution in [2.24, 2.45) is 0 Å². The summed E-state index contributed by atoms with van der Waals surface area (Å²) in [7, 11) is 3.52. The van der Waals surface area contributed by atoms with Crippen LogP contribution in [0.4, 0.5) is 4.79 Å². The normalized spacial score (nSPS) is 11.2. The van der Waals surface area contributed by atoms with E-state index in [0.29, 0.717) is 0 Å². The van der Waals surface area contributed by atoms with Crippen molar-refractivity contribution in [2.45, 2.75) is 31.4 Å². The summed E-state index contributed by atoms with van der Waals surface area (Å²) in [5.74, 6) is 0. The molecule has 0 radical (unpaired) electrons. The van der Waals surface area contributed by atoms with Crippen molar-refractivity contribution in [3.8, 4) is 0 Å². The van der Waals surface area contributed by atoms with Gasteiger partial charge in [0.05, 0.1) is 0 Å². The molecule has 0 aromatic heterocycles. The van der Waals surface area contributed by atoms with Gasteiger partial charge in [0.1, 0.15) is 0 Å². The third-order valence-electron chi connectivity index (χ3n) is 2.69. The van der Waals surface area contributed by atoms with Crippen molar-refractivity contribution >= 4 is 17.8 Å². The van der Waals surface area contributed by atoms with Gasteiger partial charge in [-0.2, -0.15) is 11.8 Å². The quantitative estimate of drug-likeness (QED) is 0.767. The summed E-state index contributed by atoms with van der Waals surface area (Å²) >= 11 is 1.84. The van der Waals surface area contributed by atoms with Crippen LogP contribution in [0, 0.1) is 0 Å². The molecule has 0 aliphatic carbocycles. The molecule has 0 saturated heterocycles. The summed E-state index contributed by atoms with van der Waals surface area (Å²) in [5.41, 5.74) is 0. The third kappa shape index (κ3) is 3.78. The van der Waals surface area contributed by atoms with Crippen LogP contribution < -0.4 is 5.32 Å². The molecule has 2 amide bonds. The predicted octanol–water partition coefficient (Wildman–Crippen LogP) is 2.18. The minimum Gasteiger partial charge on any atom is -0.337 e. The smallest absolute Gasteiger partial charge is 0.316 e. The molecule has 0 aliphatic heterocycles. The van der Waals surface area contributed by atoms with Gasteiger partial charge in [0.25, 0.3) is 0 Å². The minimum atomic E-state index is -0.00896. The van der Waals surface area contributed by atoms with Gasteiger partial charge in [-0.3, -0.25) is 0 Å². The number of hydrogen-bond acceptors (Lipinski definition) is 2. The molecule has 0 spiro atoms. The molecule has 84 valence electrons. The standard InChI is InChI=1S/C10H22N2OS/c1-6-10(7-2,14-5)8-11-9(13)12(3)4/h6-8H2,1-5H3,(H,11,13). The van der Waals surface area contributed by atoms with Gasteiger partial charge in [-0.05, 0) is 19.1 Å². The first kappa shape index (κ1) is 13.6. The maximum absolute atomic E-state index is 11.3. The molecule has 0 bridgehead atoms. The highest BCUT2D eigenvalue weighted by Crippen LogP contribution is 2.29. The lowest BCUT2D eigenvalue weighted by molar-refractivity contribution is 0.216. The average Bonchev–Trinajstić information content (AvgIpc) is 2.20. The van der Waals surface area contributed by atoms with Crippen LogP contribution in [0.3, 0.4) is 0 Å². The molecule has 0 heterocycles. The van der Waals surface area contributed by atoms with Crippen molar-refractivity contribution in [3.05, 3.63) is 0 Å². The Morgan fingerprint density at radius 3 is 2.14 bits per heavy atom. The Morgan fingerprint density at radius 1 is 1.36 bits per heavy atom. The molecular weight excluding hydrogens is 196 g/mol. The third-order valence-corrected chi connectivity index (χ3v) is 4.28. The summed E-state index contributed by atoms with van der Waals surface area (Å²) in [6.45, 7) is 5.09. The summed E-state index contributed by atoms with van der Waals surface area (Å²) in [6.07, 6.45) is 4.27. The second-order valence-electron chi connectivity index (χ2n) is 3.65. The van der Waals surface area contributed by atoms with E-state index in [2.05, 4.69) is 25.4 Å². The van der Waals surface area contributed by atoms with E-state index in [4.69, 9.17) is 0 Å². The number of urea groups is 1. The van der Waals surface area contributed by atoms with Gasteiger partial charge in [0.15, 0.2) is 0 Å². The van der Waals surface area contributed by atoms with Gasteiger partial charge < -0.3 is 10.2 Å². The van der Waals surface area contributed by atoms with E-state index in [1.807, 2.05) is 11.8 Å². The van der Waals surface area contributed by atoms with E-state index in [1.54, 1.807) is 19.0 Å². The number of carbonyl (C=O) groups is 1. The molecule has 0 fully saturated rings. The molecule has 3 nitrogen and oxygen atoms in total. The topological polar surface area (TPSA) is 32.3 Å². The van der Waals surface area contributed by atoms with Crippen LogP contribution in [-0.4, -0.2) is 42.6 Å². The predicted molar refractivity (Wildman–Crippen MR) is 63.9 cm³/mol. The highest BCUT2D eigenvalue weighted by atomic mass is 32.2. The SMILES string of the molecule is CCC(CC)(CNC(=O)N(C)C)SC. The van der Waals surface area contributed by atoms with Crippen LogP contribution >= 0.6 is 11.8 Å². The Balaban J connectivity index is 4.12. The van der Waals surface area contributed by atoms with Crippen LogP contribution in [0.1, 0.15) is 26.7 Å². The van der Waals surface area contributed by atoms with E-state index in [-0.39, 0.29) is 10.8 Å². The number of thioether (sulfide) groups is 1. The van der Waals surface area contributed by atoms with E-state index in [0.717, 1.165) is 19.4 Å². The summed E-state index contributed by atoms with van der Waals surface area (Å²) < 4.78 is 0.200. The monoisotopic (exact) mass is 218 g/mol. The van der Waals surface area contributed by atoms with Crippen LogP contribution in [-0.2, 0) is 0 Å². The van der Waals surface area contributed by atoms with Gasteiger partial charge >= 0.3 is 6.03 Å². The Hall–Kier alpha value is -0.380. The fourth-order valence-electron chi connectivity index (χ4n) is 1.26. The van der Waals surface area contributed by atoms with Crippen LogP contribution in [0.5, 0.6) is 0 Å². The van der Waals surface area contributed by atoms with Crippen molar-refractivity contribution in [1.82, 2.24) is 10.2 Å². The molecule has 4 heteroatoms. The van der Waals surface area contributed by atoms with E-state index in [9.17, 15) is 4.79 Å². The molecular formula is C10H22N2OS. The molecule has 1 N–H and O–H groups in total. The Kier molecular flexibility index (Phi) is 6.00. The lowest BCUT2D eigenvalue weighted by atomic mass is 10.0. The number of hydrogen-bond donors (Lipinski definition) is 1. The second-order valence-corrected chi connectivity index (χ2v) is 4.92. The molecule has 0 aromatic carbocycles. The number of rotatable bonds is 5. The van der Waals surface area contributed by atoms with Crippen molar-refractivity contribution in [1.29, 1.82) is 0 Å². The summed E-state index contributed by atoms with van der Waals surface area (Å²) in [4.78, 5) is 12.9. The zero-order valence-corrected chi connectivity index (χ0v) is 10.7. The van der Waals surface area contributed by atoms with Gasteiger partial charge in [-0.25, -0.2) is 4.79 Å². The first-order valence-corrected chi connectivity index (χ1v) is 6.24. The zero-order valence-electron chi connectivity index (χ0n) is 9.89. The lowest BCUT2D eigenvalue weighted by Crippen LogP contribution is -2.43. The number of carbonyl (C=O) groups excluding carboxylic acids is 1. The number of amides is 2. The van der Waals surface area contributed by atoms with Gasteiger partial charge in [0, 0.05) is 25.4 Å². The van der Waals surface area contributed by atoms with Gasteiger partial charge in [0.2, 0.25) is 0 Å². The highest BCUT2D eigenvalue weighted by molar-refractivity contribution is 8.00. The first-order chi connectivity index (χ1) is 6.51. The lowest BCUT2D eigenvalue weighted by Gasteiger charge is -2.30. The van der Waals surface area contributed by atoms with Crippen LogP contribution in [0.25, 0.3) is 0 Å². The van der Waals surface area contributed by atoms with Crippen LogP contribution in [0.15, 0.2) is 0 Å². The Morgan fingerprint density at radius 2 is 1.86 bits per heavy atom. The van der Waals surface area contributed by atoms with Crippen molar-refractivity contribution < 1.29 is 4.79 Å². The van der Waals surface area contributed by atoms with E-state index in [1.165, 1.54) is 0 Å². The molecule has 0 aliphatic rings. The van der Waals surface area contributed by atoms with E-state index < -0.39 is 0 Å². The molecule has 0 atom stereocenters. The van der Waals surface area contributed by atoms with Crippen molar-refractivity contribution in [3.63, 3.8) is 0 Å². The van der Waals surface area contributed by atoms with Gasteiger partial charge in [-0.15, -0.1) is 0 Å².